The molecule has 2 unspecified atom stereocenters. The maximum atomic E-state index is 3.63. The van der Waals surface area contributed by atoms with Crippen molar-refractivity contribution in [2.75, 3.05) is 39.3 Å². The number of hydrogen-bond donors (Lipinski definition) is 1. The van der Waals surface area contributed by atoms with Gasteiger partial charge < -0.3 is 10.2 Å². The Labute approximate surface area is 126 Å². The van der Waals surface area contributed by atoms with Crippen molar-refractivity contribution in [3.05, 3.63) is 0 Å². The first-order valence-corrected chi connectivity index (χ1v) is 8.65. The lowest BCUT2D eigenvalue weighted by Crippen LogP contribution is -2.43. The fourth-order valence-corrected chi connectivity index (χ4v) is 3.55. The van der Waals surface area contributed by atoms with E-state index in [1.165, 1.54) is 58.4 Å². The lowest BCUT2D eigenvalue weighted by molar-refractivity contribution is 0.158. The summed E-state index contributed by atoms with van der Waals surface area (Å²) in [4.78, 5) is 5.44. The van der Waals surface area contributed by atoms with E-state index in [0.717, 1.165) is 18.5 Å². The van der Waals surface area contributed by atoms with Crippen LogP contribution in [0.3, 0.4) is 0 Å². The maximum Gasteiger partial charge on any atom is 0.0235 e. The van der Waals surface area contributed by atoms with E-state index in [1.807, 2.05) is 0 Å². The van der Waals surface area contributed by atoms with E-state index in [0.29, 0.717) is 0 Å². The van der Waals surface area contributed by atoms with Crippen LogP contribution >= 0.6 is 0 Å². The number of rotatable bonds is 5. The molecule has 3 nitrogen and oxygen atoms in total. The van der Waals surface area contributed by atoms with Crippen LogP contribution in [0.5, 0.6) is 0 Å². The van der Waals surface area contributed by atoms with E-state index in [-0.39, 0.29) is 5.54 Å². The van der Waals surface area contributed by atoms with Crippen LogP contribution in [-0.2, 0) is 0 Å². The van der Waals surface area contributed by atoms with Crippen LogP contribution in [0.1, 0.15) is 53.4 Å². The Kier molecular flexibility index (Phi) is 5.88. The van der Waals surface area contributed by atoms with E-state index in [1.54, 1.807) is 0 Å². The second-order valence-corrected chi connectivity index (χ2v) is 8.03. The summed E-state index contributed by atoms with van der Waals surface area (Å²) in [6.45, 7) is 16.8. The van der Waals surface area contributed by atoms with Crippen molar-refractivity contribution in [2.45, 2.75) is 65.0 Å². The molecule has 2 saturated heterocycles. The van der Waals surface area contributed by atoms with E-state index in [2.05, 4.69) is 42.8 Å². The Morgan fingerprint density at radius 2 is 1.80 bits per heavy atom. The molecule has 0 saturated carbocycles. The molecule has 0 aromatic carbocycles. The Balaban J connectivity index is 1.67. The molecule has 0 radical (unpaired) electrons. The molecule has 20 heavy (non-hydrogen) atoms. The summed E-state index contributed by atoms with van der Waals surface area (Å²) in [7, 11) is 0. The van der Waals surface area contributed by atoms with Crippen LogP contribution in [0.4, 0.5) is 0 Å². The molecule has 2 heterocycles. The molecular weight excluding hydrogens is 246 g/mol. The van der Waals surface area contributed by atoms with Gasteiger partial charge in [0.2, 0.25) is 0 Å². The summed E-state index contributed by atoms with van der Waals surface area (Å²) >= 11 is 0. The van der Waals surface area contributed by atoms with Crippen molar-refractivity contribution in [1.29, 1.82) is 0 Å². The van der Waals surface area contributed by atoms with Crippen LogP contribution < -0.4 is 5.32 Å². The molecule has 2 rings (SSSR count). The number of nitrogens with one attached hydrogen (secondary N) is 1. The summed E-state index contributed by atoms with van der Waals surface area (Å²) in [5.74, 6) is 0.745. The average molecular weight is 281 g/mol. The number of hydrogen-bond acceptors (Lipinski definition) is 3. The van der Waals surface area contributed by atoms with Gasteiger partial charge in [-0.25, -0.2) is 0 Å². The highest BCUT2D eigenvalue weighted by atomic mass is 15.3. The Morgan fingerprint density at radius 1 is 1.10 bits per heavy atom. The predicted molar refractivity (Wildman–Crippen MR) is 87.2 cm³/mol. The van der Waals surface area contributed by atoms with Gasteiger partial charge in [-0.2, -0.15) is 0 Å². The van der Waals surface area contributed by atoms with Gasteiger partial charge in [-0.15, -0.1) is 0 Å². The molecule has 118 valence electrons. The molecule has 2 aliphatic heterocycles. The molecule has 3 heteroatoms. The van der Waals surface area contributed by atoms with Gasteiger partial charge in [-0.3, -0.25) is 4.90 Å². The Bertz CT molecular complexity index is 278. The number of nitrogens with zero attached hydrogens (tertiary/aromatic N) is 2. The SMILES string of the molecule is CC(CNC(C)(C)C)CN1CCC(N2CCCCC2)C1. The minimum absolute atomic E-state index is 0.246. The first-order valence-electron chi connectivity index (χ1n) is 8.65. The third-order valence-corrected chi connectivity index (χ3v) is 4.71. The third-order valence-electron chi connectivity index (χ3n) is 4.71. The lowest BCUT2D eigenvalue weighted by Gasteiger charge is -2.32. The molecule has 2 atom stereocenters. The average Bonchev–Trinajstić information content (AvgIpc) is 2.85. The van der Waals surface area contributed by atoms with Gasteiger partial charge in [-0.05, 0) is 72.1 Å². The topological polar surface area (TPSA) is 18.5 Å². The maximum absolute atomic E-state index is 3.63. The van der Waals surface area contributed by atoms with Crippen LogP contribution in [0, 0.1) is 5.92 Å². The molecule has 0 bridgehead atoms. The zero-order valence-corrected chi connectivity index (χ0v) is 14.1. The fourth-order valence-electron chi connectivity index (χ4n) is 3.55. The minimum Gasteiger partial charge on any atom is -0.312 e. The molecule has 2 aliphatic rings. The van der Waals surface area contributed by atoms with Crippen molar-refractivity contribution in [3.8, 4) is 0 Å². The quantitative estimate of drug-likeness (QED) is 0.835. The molecule has 0 amide bonds. The standard InChI is InChI=1S/C17H35N3/c1-15(12-18-17(2,3)4)13-19-11-8-16(14-19)20-9-6-5-7-10-20/h15-16,18H,5-14H2,1-4H3. The summed E-state index contributed by atoms with van der Waals surface area (Å²) in [5.41, 5.74) is 0.246. The van der Waals surface area contributed by atoms with Crippen LogP contribution in [0.25, 0.3) is 0 Å². The van der Waals surface area contributed by atoms with Crippen LogP contribution in [-0.4, -0.2) is 60.6 Å². The zero-order valence-electron chi connectivity index (χ0n) is 14.1. The number of likely N-dealkylation sites (tertiary alicyclic amines) is 2. The van der Waals surface area contributed by atoms with Gasteiger partial charge in [0, 0.05) is 24.7 Å². The monoisotopic (exact) mass is 281 g/mol. The largest absolute Gasteiger partial charge is 0.312 e. The molecule has 0 aromatic heterocycles. The second kappa shape index (κ2) is 7.24. The van der Waals surface area contributed by atoms with Crippen molar-refractivity contribution in [2.24, 2.45) is 5.92 Å². The van der Waals surface area contributed by atoms with E-state index in [9.17, 15) is 0 Å². The van der Waals surface area contributed by atoms with Gasteiger partial charge >= 0.3 is 0 Å². The second-order valence-electron chi connectivity index (χ2n) is 8.03. The van der Waals surface area contributed by atoms with Crippen molar-refractivity contribution >= 4 is 0 Å². The van der Waals surface area contributed by atoms with Gasteiger partial charge in [0.25, 0.3) is 0 Å². The molecular formula is C17H35N3. The predicted octanol–water partition coefficient (Wildman–Crippen LogP) is 2.57. The summed E-state index contributed by atoms with van der Waals surface area (Å²) < 4.78 is 0. The third kappa shape index (κ3) is 5.34. The summed E-state index contributed by atoms with van der Waals surface area (Å²) in [6.07, 6.45) is 5.67. The molecule has 0 aliphatic carbocycles. The highest BCUT2D eigenvalue weighted by Crippen LogP contribution is 2.20. The van der Waals surface area contributed by atoms with Crippen LogP contribution in [0.15, 0.2) is 0 Å². The number of piperidine rings is 1. The highest BCUT2D eigenvalue weighted by Gasteiger charge is 2.28. The Hall–Kier alpha value is -0.120. The van der Waals surface area contributed by atoms with Crippen LogP contribution in [0.2, 0.25) is 0 Å². The first-order chi connectivity index (χ1) is 9.44. The van der Waals surface area contributed by atoms with Gasteiger partial charge in [0.1, 0.15) is 0 Å². The summed E-state index contributed by atoms with van der Waals surface area (Å²) in [6, 6.07) is 0.845. The van der Waals surface area contributed by atoms with Gasteiger partial charge in [-0.1, -0.05) is 13.3 Å². The highest BCUT2D eigenvalue weighted by molar-refractivity contribution is 4.85. The molecule has 1 N–H and O–H groups in total. The smallest absolute Gasteiger partial charge is 0.0235 e. The normalized spacial score (nSPS) is 27.9. The molecule has 0 aromatic rings. The van der Waals surface area contributed by atoms with E-state index >= 15 is 0 Å². The fraction of sp³-hybridized carbons (Fsp3) is 1.00. The zero-order chi connectivity index (χ0) is 14.6. The van der Waals surface area contributed by atoms with Crippen molar-refractivity contribution in [3.63, 3.8) is 0 Å². The van der Waals surface area contributed by atoms with Gasteiger partial charge in [0.15, 0.2) is 0 Å². The van der Waals surface area contributed by atoms with E-state index in [4.69, 9.17) is 0 Å². The van der Waals surface area contributed by atoms with Gasteiger partial charge in [0.05, 0.1) is 0 Å². The van der Waals surface area contributed by atoms with E-state index < -0.39 is 0 Å². The summed E-state index contributed by atoms with van der Waals surface area (Å²) in [5, 5.41) is 3.63. The lowest BCUT2D eigenvalue weighted by atomic mass is 10.1. The molecule has 0 spiro atoms. The van der Waals surface area contributed by atoms with Crippen molar-refractivity contribution < 1.29 is 0 Å². The first kappa shape index (κ1) is 16.3. The molecule has 2 fully saturated rings. The minimum atomic E-state index is 0.246. The Morgan fingerprint density at radius 3 is 2.45 bits per heavy atom. The van der Waals surface area contributed by atoms with Crippen molar-refractivity contribution in [1.82, 2.24) is 15.1 Å².